The number of benzene rings is 2. The number of rotatable bonds is 2. The summed E-state index contributed by atoms with van der Waals surface area (Å²) in [7, 11) is -3.52. The molecule has 2 aromatic carbocycles. The third-order valence-electron chi connectivity index (χ3n) is 3.38. The van der Waals surface area contributed by atoms with Gasteiger partial charge in [-0.2, -0.15) is 8.42 Å². The minimum Gasteiger partial charge on any atom is -0.382 e. The second-order valence-electron chi connectivity index (χ2n) is 5.07. The summed E-state index contributed by atoms with van der Waals surface area (Å²) in [6, 6.07) is 9.79. The molecule has 1 N–H and O–H groups in total. The Labute approximate surface area is 117 Å². The van der Waals surface area contributed by atoms with Gasteiger partial charge >= 0.3 is 10.1 Å². The molecule has 0 unspecified atom stereocenters. The normalized spacial score (nSPS) is 12.2. The van der Waals surface area contributed by atoms with Crippen molar-refractivity contribution in [2.24, 2.45) is 0 Å². The first-order valence-electron chi connectivity index (χ1n) is 6.26. The van der Waals surface area contributed by atoms with Crippen molar-refractivity contribution in [3.8, 4) is 5.75 Å². The standard InChI is InChI=1S/C15H15NO3S/c1-9-4-5-11-12-6-7-14(19-20(3,17)18)10(2)15(12)16-13(11)8-9/h4-8,16H,1-3H3. The van der Waals surface area contributed by atoms with Crippen molar-refractivity contribution in [2.75, 3.05) is 6.26 Å². The van der Waals surface area contributed by atoms with Crippen LogP contribution in [0.5, 0.6) is 5.75 Å². The van der Waals surface area contributed by atoms with Crippen molar-refractivity contribution < 1.29 is 12.6 Å². The lowest BCUT2D eigenvalue weighted by molar-refractivity contribution is 0.491. The van der Waals surface area contributed by atoms with Gasteiger partial charge < -0.3 is 9.17 Å². The van der Waals surface area contributed by atoms with E-state index in [-0.39, 0.29) is 0 Å². The third kappa shape index (κ3) is 2.14. The predicted molar refractivity (Wildman–Crippen MR) is 80.8 cm³/mol. The van der Waals surface area contributed by atoms with Gasteiger partial charge in [-0.05, 0) is 37.6 Å². The summed E-state index contributed by atoms with van der Waals surface area (Å²) in [6.07, 6.45) is 1.05. The molecule has 20 heavy (non-hydrogen) atoms. The number of aromatic amines is 1. The smallest absolute Gasteiger partial charge is 0.306 e. The molecule has 3 aromatic rings. The van der Waals surface area contributed by atoms with Crippen molar-refractivity contribution in [2.45, 2.75) is 13.8 Å². The molecule has 0 aliphatic rings. The number of aryl methyl sites for hydroxylation is 2. The number of fused-ring (bicyclic) bond motifs is 3. The molecule has 104 valence electrons. The summed E-state index contributed by atoms with van der Waals surface area (Å²) < 4.78 is 27.6. The van der Waals surface area contributed by atoms with E-state index in [0.29, 0.717) is 5.75 Å². The van der Waals surface area contributed by atoms with Crippen molar-refractivity contribution >= 4 is 31.9 Å². The number of aromatic nitrogens is 1. The highest BCUT2D eigenvalue weighted by atomic mass is 32.2. The van der Waals surface area contributed by atoms with E-state index in [0.717, 1.165) is 33.6 Å². The summed E-state index contributed by atoms with van der Waals surface area (Å²) in [5.41, 5.74) is 3.92. The van der Waals surface area contributed by atoms with Crippen LogP contribution in [0.15, 0.2) is 30.3 Å². The molecule has 1 heterocycles. The lowest BCUT2D eigenvalue weighted by Gasteiger charge is -2.07. The Morgan fingerprint density at radius 3 is 2.45 bits per heavy atom. The largest absolute Gasteiger partial charge is 0.382 e. The number of hydrogen-bond donors (Lipinski definition) is 1. The van der Waals surface area contributed by atoms with Crippen molar-refractivity contribution in [3.63, 3.8) is 0 Å². The first kappa shape index (κ1) is 13.0. The molecule has 3 rings (SSSR count). The lowest BCUT2D eigenvalue weighted by atomic mass is 10.1. The molecule has 0 saturated heterocycles. The van der Waals surface area contributed by atoms with Gasteiger partial charge in [0.05, 0.1) is 11.8 Å². The molecule has 0 saturated carbocycles. The van der Waals surface area contributed by atoms with Crippen LogP contribution in [-0.4, -0.2) is 19.7 Å². The van der Waals surface area contributed by atoms with Gasteiger partial charge in [0.25, 0.3) is 0 Å². The molecule has 0 spiro atoms. The van der Waals surface area contributed by atoms with Crippen LogP contribution < -0.4 is 4.18 Å². The number of hydrogen-bond acceptors (Lipinski definition) is 3. The van der Waals surface area contributed by atoms with E-state index >= 15 is 0 Å². The fourth-order valence-electron chi connectivity index (χ4n) is 2.46. The van der Waals surface area contributed by atoms with Crippen LogP contribution in [0.25, 0.3) is 21.8 Å². The van der Waals surface area contributed by atoms with E-state index in [9.17, 15) is 8.42 Å². The maximum Gasteiger partial charge on any atom is 0.306 e. The Morgan fingerprint density at radius 2 is 1.75 bits per heavy atom. The first-order chi connectivity index (χ1) is 9.35. The Morgan fingerprint density at radius 1 is 1.05 bits per heavy atom. The summed E-state index contributed by atoms with van der Waals surface area (Å²) in [4.78, 5) is 3.34. The second-order valence-corrected chi connectivity index (χ2v) is 6.65. The van der Waals surface area contributed by atoms with Crippen LogP contribution in [-0.2, 0) is 10.1 Å². The minimum atomic E-state index is -3.52. The van der Waals surface area contributed by atoms with E-state index in [4.69, 9.17) is 4.18 Å². The van der Waals surface area contributed by atoms with Gasteiger partial charge in [0, 0.05) is 21.9 Å². The third-order valence-corrected chi connectivity index (χ3v) is 3.86. The topological polar surface area (TPSA) is 59.2 Å². The van der Waals surface area contributed by atoms with Crippen LogP contribution in [0.2, 0.25) is 0 Å². The van der Waals surface area contributed by atoms with Crippen LogP contribution in [0.4, 0.5) is 0 Å². The molecule has 5 heteroatoms. The fourth-order valence-corrected chi connectivity index (χ4v) is 2.97. The minimum absolute atomic E-state index is 0.364. The van der Waals surface area contributed by atoms with Gasteiger partial charge in [-0.25, -0.2) is 0 Å². The maximum atomic E-state index is 11.3. The Kier molecular flexibility index (Phi) is 2.76. The molecule has 4 nitrogen and oxygen atoms in total. The quantitative estimate of drug-likeness (QED) is 0.736. The highest BCUT2D eigenvalue weighted by Gasteiger charge is 2.13. The SMILES string of the molecule is Cc1ccc2c(c1)[nH]c1c(C)c(OS(C)(=O)=O)ccc12. The monoisotopic (exact) mass is 289 g/mol. The summed E-state index contributed by atoms with van der Waals surface area (Å²) in [5, 5.41) is 2.19. The maximum absolute atomic E-state index is 11.3. The zero-order valence-electron chi connectivity index (χ0n) is 11.5. The molecular weight excluding hydrogens is 274 g/mol. The zero-order chi connectivity index (χ0) is 14.5. The first-order valence-corrected chi connectivity index (χ1v) is 8.08. The molecule has 0 bridgehead atoms. The molecular formula is C15H15NO3S. The summed E-state index contributed by atoms with van der Waals surface area (Å²) >= 11 is 0. The van der Waals surface area contributed by atoms with E-state index in [1.54, 1.807) is 6.07 Å². The van der Waals surface area contributed by atoms with Crippen molar-refractivity contribution in [1.29, 1.82) is 0 Å². The van der Waals surface area contributed by atoms with E-state index in [1.807, 2.05) is 19.9 Å². The van der Waals surface area contributed by atoms with Gasteiger partial charge in [0.1, 0.15) is 5.75 Å². The molecule has 0 atom stereocenters. The molecule has 0 radical (unpaired) electrons. The van der Waals surface area contributed by atoms with Gasteiger partial charge in [-0.1, -0.05) is 12.1 Å². The van der Waals surface area contributed by atoms with Gasteiger partial charge in [-0.3, -0.25) is 0 Å². The molecule has 1 aromatic heterocycles. The molecule has 0 fully saturated rings. The average Bonchev–Trinajstić information content (AvgIpc) is 2.69. The van der Waals surface area contributed by atoms with E-state index < -0.39 is 10.1 Å². The second kappa shape index (κ2) is 4.24. The number of H-pyrrole nitrogens is 1. The highest BCUT2D eigenvalue weighted by molar-refractivity contribution is 7.86. The van der Waals surface area contributed by atoms with Gasteiger partial charge in [-0.15, -0.1) is 0 Å². The van der Waals surface area contributed by atoms with Gasteiger partial charge in [0.2, 0.25) is 0 Å². The fraction of sp³-hybridized carbons (Fsp3) is 0.200. The zero-order valence-corrected chi connectivity index (χ0v) is 12.3. The average molecular weight is 289 g/mol. The summed E-state index contributed by atoms with van der Waals surface area (Å²) in [6.45, 7) is 3.89. The highest BCUT2D eigenvalue weighted by Crippen LogP contribution is 2.33. The molecule has 0 aliphatic carbocycles. The van der Waals surface area contributed by atoms with Gasteiger partial charge in [0.15, 0.2) is 0 Å². The van der Waals surface area contributed by atoms with Crippen molar-refractivity contribution in [1.82, 2.24) is 4.98 Å². The van der Waals surface area contributed by atoms with Crippen LogP contribution >= 0.6 is 0 Å². The Balaban J connectivity index is 2.30. The Hall–Kier alpha value is -2.01. The Bertz CT molecular complexity index is 923. The molecule has 0 aliphatic heterocycles. The lowest BCUT2D eigenvalue weighted by Crippen LogP contribution is -2.06. The molecule has 0 amide bonds. The van der Waals surface area contributed by atoms with E-state index in [1.165, 1.54) is 5.56 Å². The predicted octanol–water partition coefficient (Wildman–Crippen LogP) is 3.28. The van der Waals surface area contributed by atoms with Crippen molar-refractivity contribution in [3.05, 3.63) is 41.5 Å². The van der Waals surface area contributed by atoms with Crippen LogP contribution in [0.3, 0.4) is 0 Å². The number of nitrogens with one attached hydrogen (secondary N) is 1. The summed E-state index contributed by atoms with van der Waals surface area (Å²) in [5.74, 6) is 0.364. The van der Waals surface area contributed by atoms with Crippen LogP contribution in [0, 0.1) is 13.8 Å². The van der Waals surface area contributed by atoms with E-state index in [2.05, 4.69) is 23.2 Å². The van der Waals surface area contributed by atoms with Crippen LogP contribution in [0.1, 0.15) is 11.1 Å².